The number of carbonyl (C=O) groups is 1. The van der Waals surface area contributed by atoms with Crippen LogP contribution in [0.4, 0.5) is 5.69 Å². The average Bonchev–Trinajstić information content (AvgIpc) is 2.75. The van der Waals surface area contributed by atoms with E-state index in [1.54, 1.807) is 36.4 Å². The molecule has 0 aliphatic carbocycles. The largest absolute Gasteiger partial charge is 0.487 e. The third kappa shape index (κ3) is 6.35. The lowest BCUT2D eigenvalue weighted by molar-refractivity contribution is -0.112. The number of rotatable bonds is 6. The fourth-order valence-electron chi connectivity index (χ4n) is 2.65. The maximum Gasteiger partial charge on any atom is 0.266 e. The van der Waals surface area contributed by atoms with Gasteiger partial charge in [0.25, 0.3) is 5.91 Å². The maximum absolute atomic E-state index is 12.5. The number of hydrogen-bond donors (Lipinski definition) is 1. The molecule has 1 amide bonds. The van der Waals surface area contributed by atoms with Crippen LogP contribution in [0.3, 0.4) is 0 Å². The molecule has 0 saturated carbocycles. The highest BCUT2D eigenvalue weighted by atomic mass is 79.9. The van der Waals surface area contributed by atoms with Gasteiger partial charge in [-0.05, 0) is 66.1 Å². The Morgan fingerprint density at radius 2 is 1.84 bits per heavy atom. The standard InChI is InChI=1S/C24H17BrCl2N2O2/c1-15-2-8-20(12-21(15)26)29-24(30)18(13-28)10-17-5-9-23(22(27)11-17)31-14-16-3-6-19(25)7-4-16/h2-12H,14H2,1H3,(H,29,30)/b18-10+. The van der Waals surface area contributed by atoms with Crippen LogP contribution in [0.2, 0.25) is 10.0 Å². The van der Waals surface area contributed by atoms with Crippen LogP contribution in [-0.2, 0) is 11.4 Å². The molecule has 1 N–H and O–H groups in total. The van der Waals surface area contributed by atoms with Gasteiger partial charge in [0.05, 0.1) is 5.02 Å². The molecule has 31 heavy (non-hydrogen) atoms. The molecule has 4 nitrogen and oxygen atoms in total. The van der Waals surface area contributed by atoms with Crippen LogP contribution in [0.25, 0.3) is 6.08 Å². The van der Waals surface area contributed by atoms with Gasteiger partial charge < -0.3 is 10.1 Å². The third-order valence-corrected chi connectivity index (χ3v) is 5.60. The predicted molar refractivity (Wildman–Crippen MR) is 128 cm³/mol. The number of aryl methyl sites for hydroxylation is 1. The molecular formula is C24H17BrCl2N2O2. The molecule has 0 aliphatic rings. The summed E-state index contributed by atoms with van der Waals surface area (Å²) in [5.74, 6) is -0.0203. The van der Waals surface area contributed by atoms with Gasteiger partial charge in [0, 0.05) is 15.2 Å². The lowest BCUT2D eigenvalue weighted by Crippen LogP contribution is -2.13. The van der Waals surface area contributed by atoms with Crippen molar-refractivity contribution in [1.29, 1.82) is 5.26 Å². The molecule has 0 heterocycles. The van der Waals surface area contributed by atoms with Crippen LogP contribution in [-0.4, -0.2) is 5.91 Å². The highest BCUT2D eigenvalue weighted by molar-refractivity contribution is 9.10. The number of carbonyl (C=O) groups excluding carboxylic acids is 1. The van der Waals surface area contributed by atoms with Gasteiger partial charge in [-0.1, -0.05) is 63.4 Å². The van der Waals surface area contributed by atoms with Crippen LogP contribution in [0, 0.1) is 18.3 Å². The molecule has 0 saturated heterocycles. The van der Waals surface area contributed by atoms with E-state index in [1.807, 2.05) is 37.3 Å². The summed E-state index contributed by atoms with van der Waals surface area (Å²) in [5.41, 5.74) is 2.96. The van der Waals surface area contributed by atoms with Crippen molar-refractivity contribution in [3.05, 3.63) is 97.4 Å². The number of amides is 1. The molecule has 0 bridgehead atoms. The second-order valence-electron chi connectivity index (χ2n) is 6.69. The number of benzene rings is 3. The number of nitrogens with one attached hydrogen (secondary N) is 1. The number of nitriles is 1. The van der Waals surface area contributed by atoms with Crippen molar-refractivity contribution in [2.75, 3.05) is 5.32 Å². The zero-order valence-corrected chi connectivity index (χ0v) is 19.6. The first-order valence-corrected chi connectivity index (χ1v) is 10.8. The first-order chi connectivity index (χ1) is 14.9. The monoisotopic (exact) mass is 514 g/mol. The Morgan fingerprint density at radius 3 is 2.48 bits per heavy atom. The molecule has 3 aromatic rings. The second-order valence-corrected chi connectivity index (χ2v) is 8.42. The van der Waals surface area contributed by atoms with E-state index in [-0.39, 0.29) is 5.57 Å². The lowest BCUT2D eigenvalue weighted by atomic mass is 10.1. The fourth-order valence-corrected chi connectivity index (χ4v) is 3.34. The highest BCUT2D eigenvalue weighted by Crippen LogP contribution is 2.28. The SMILES string of the molecule is Cc1ccc(NC(=O)/C(C#N)=C/c2ccc(OCc3ccc(Br)cc3)c(Cl)c2)cc1Cl. The van der Waals surface area contributed by atoms with Gasteiger partial charge >= 0.3 is 0 Å². The van der Waals surface area contributed by atoms with Gasteiger partial charge in [-0.25, -0.2) is 0 Å². The molecular weight excluding hydrogens is 499 g/mol. The maximum atomic E-state index is 12.5. The number of nitrogens with zero attached hydrogens (tertiary/aromatic N) is 1. The Labute approximate surface area is 199 Å². The fraction of sp³-hybridized carbons (Fsp3) is 0.0833. The van der Waals surface area contributed by atoms with Gasteiger partial charge in [-0.15, -0.1) is 0 Å². The van der Waals surface area contributed by atoms with E-state index in [2.05, 4.69) is 21.2 Å². The van der Waals surface area contributed by atoms with Crippen molar-refractivity contribution < 1.29 is 9.53 Å². The normalized spacial score (nSPS) is 11.0. The summed E-state index contributed by atoms with van der Waals surface area (Å²) in [6.07, 6.45) is 1.47. The molecule has 0 unspecified atom stereocenters. The van der Waals surface area contributed by atoms with Crippen LogP contribution < -0.4 is 10.1 Å². The van der Waals surface area contributed by atoms with Crippen molar-refractivity contribution in [3.8, 4) is 11.8 Å². The van der Waals surface area contributed by atoms with Crippen LogP contribution in [0.5, 0.6) is 5.75 Å². The summed E-state index contributed by atoms with van der Waals surface area (Å²) >= 11 is 15.8. The van der Waals surface area contributed by atoms with E-state index in [1.165, 1.54) is 6.08 Å². The highest BCUT2D eigenvalue weighted by Gasteiger charge is 2.11. The minimum Gasteiger partial charge on any atom is -0.487 e. The molecule has 0 fully saturated rings. The zero-order chi connectivity index (χ0) is 22.4. The van der Waals surface area contributed by atoms with E-state index < -0.39 is 5.91 Å². The third-order valence-electron chi connectivity index (χ3n) is 4.37. The van der Waals surface area contributed by atoms with Crippen LogP contribution in [0.15, 0.2) is 70.7 Å². The van der Waals surface area contributed by atoms with E-state index in [9.17, 15) is 10.1 Å². The van der Waals surface area contributed by atoms with Crippen LogP contribution in [0.1, 0.15) is 16.7 Å². The molecule has 156 valence electrons. The Morgan fingerprint density at radius 1 is 1.10 bits per heavy atom. The first kappa shape index (κ1) is 22.9. The quantitative estimate of drug-likeness (QED) is 0.279. The summed E-state index contributed by atoms with van der Waals surface area (Å²) in [7, 11) is 0. The van der Waals surface area contributed by atoms with Crippen molar-refractivity contribution in [3.63, 3.8) is 0 Å². The summed E-state index contributed by atoms with van der Waals surface area (Å²) in [5, 5.41) is 13.0. The van der Waals surface area contributed by atoms with Gasteiger partial charge in [0.2, 0.25) is 0 Å². The van der Waals surface area contributed by atoms with Crippen molar-refractivity contribution in [1.82, 2.24) is 0 Å². The van der Waals surface area contributed by atoms with Crippen molar-refractivity contribution in [2.24, 2.45) is 0 Å². The summed E-state index contributed by atoms with van der Waals surface area (Å²) < 4.78 is 6.77. The van der Waals surface area contributed by atoms with Gasteiger partial charge in [-0.2, -0.15) is 5.26 Å². The van der Waals surface area contributed by atoms with E-state index in [0.717, 1.165) is 15.6 Å². The van der Waals surface area contributed by atoms with E-state index in [4.69, 9.17) is 27.9 Å². The predicted octanol–water partition coefficient (Wildman–Crippen LogP) is 7.19. The molecule has 0 radical (unpaired) electrons. The van der Waals surface area contributed by atoms with Crippen molar-refractivity contribution in [2.45, 2.75) is 13.5 Å². The lowest BCUT2D eigenvalue weighted by Gasteiger charge is -2.09. The van der Waals surface area contributed by atoms with Gasteiger partial charge in [0.1, 0.15) is 24.0 Å². The molecule has 7 heteroatoms. The summed E-state index contributed by atoms with van der Waals surface area (Å²) in [6.45, 7) is 2.23. The Balaban J connectivity index is 1.70. The smallest absolute Gasteiger partial charge is 0.266 e. The summed E-state index contributed by atoms with van der Waals surface area (Å²) in [6, 6.07) is 19.9. The molecule has 0 aromatic heterocycles. The minimum absolute atomic E-state index is 0.0590. The van der Waals surface area contributed by atoms with Gasteiger partial charge in [-0.3, -0.25) is 4.79 Å². The molecule has 3 aromatic carbocycles. The average molecular weight is 516 g/mol. The Kier molecular flexibility index (Phi) is 7.75. The number of hydrogen-bond acceptors (Lipinski definition) is 3. The number of halogens is 3. The van der Waals surface area contributed by atoms with Gasteiger partial charge in [0.15, 0.2) is 0 Å². The molecule has 0 spiro atoms. The first-order valence-electron chi connectivity index (χ1n) is 9.22. The number of ether oxygens (including phenoxy) is 1. The topological polar surface area (TPSA) is 62.1 Å². The number of anilines is 1. The Bertz CT molecular complexity index is 1190. The second kappa shape index (κ2) is 10.5. The summed E-state index contributed by atoms with van der Waals surface area (Å²) in [4.78, 5) is 12.5. The van der Waals surface area contributed by atoms with Crippen molar-refractivity contribution >= 4 is 56.8 Å². The molecule has 0 atom stereocenters. The molecule has 3 rings (SSSR count). The van der Waals surface area contributed by atoms with Crippen LogP contribution >= 0.6 is 39.1 Å². The van der Waals surface area contributed by atoms with E-state index >= 15 is 0 Å². The Hall–Kier alpha value is -2.78. The molecule has 0 aliphatic heterocycles. The minimum atomic E-state index is -0.533. The van der Waals surface area contributed by atoms with E-state index in [0.29, 0.717) is 33.7 Å². The zero-order valence-electron chi connectivity index (χ0n) is 16.5.